The van der Waals surface area contributed by atoms with E-state index in [1.54, 1.807) is 12.3 Å². The Kier molecular flexibility index (Phi) is 4.14. The van der Waals surface area contributed by atoms with Crippen molar-refractivity contribution in [3.63, 3.8) is 0 Å². The zero-order chi connectivity index (χ0) is 20.8. The van der Waals surface area contributed by atoms with E-state index in [0.29, 0.717) is 0 Å². The van der Waals surface area contributed by atoms with Gasteiger partial charge in [-0.1, -0.05) is 18.2 Å². The van der Waals surface area contributed by atoms with Crippen molar-refractivity contribution in [3.05, 3.63) is 72.4 Å². The van der Waals surface area contributed by atoms with Crippen molar-refractivity contribution < 1.29 is 4.39 Å². The van der Waals surface area contributed by atoms with Crippen LogP contribution in [-0.2, 0) is 0 Å². The van der Waals surface area contributed by atoms with Crippen LogP contribution >= 0.6 is 0 Å². The van der Waals surface area contributed by atoms with Gasteiger partial charge in [0.05, 0.1) is 28.8 Å². The molecule has 0 aliphatic carbocycles. The van der Waals surface area contributed by atoms with Gasteiger partial charge >= 0.3 is 0 Å². The van der Waals surface area contributed by atoms with Gasteiger partial charge in [-0.15, -0.1) is 0 Å². The second kappa shape index (κ2) is 7.14. The molecule has 1 aromatic carbocycles. The van der Waals surface area contributed by atoms with Gasteiger partial charge in [0.2, 0.25) is 0 Å². The summed E-state index contributed by atoms with van der Waals surface area (Å²) in [5, 5.41) is 12.9. The average Bonchev–Trinajstić information content (AvgIpc) is 3.43. The fourth-order valence-electron chi connectivity index (χ4n) is 4.20. The van der Waals surface area contributed by atoms with E-state index < -0.39 is 0 Å². The maximum absolute atomic E-state index is 13.8. The first kappa shape index (κ1) is 18.0. The van der Waals surface area contributed by atoms with Crippen LogP contribution in [0.15, 0.2) is 60.9 Å². The second-order valence-corrected chi connectivity index (χ2v) is 7.68. The van der Waals surface area contributed by atoms with E-state index in [2.05, 4.69) is 42.6 Å². The Balaban J connectivity index is 1.49. The predicted molar refractivity (Wildman–Crippen MR) is 120 cm³/mol. The molecule has 0 spiro atoms. The van der Waals surface area contributed by atoms with Crippen molar-refractivity contribution in [1.29, 1.82) is 0 Å². The smallest absolute Gasteiger partial charge is 0.123 e. The van der Waals surface area contributed by atoms with Gasteiger partial charge in [-0.3, -0.25) is 15.1 Å². The van der Waals surface area contributed by atoms with Crippen LogP contribution < -0.4 is 5.32 Å². The molecule has 31 heavy (non-hydrogen) atoms. The summed E-state index contributed by atoms with van der Waals surface area (Å²) in [5.74, 6) is -0.280. The molecule has 7 heteroatoms. The average molecular weight is 410 g/mol. The van der Waals surface area contributed by atoms with Crippen molar-refractivity contribution in [2.24, 2.45) is 0 Å². The molecule has 0 amide bonds. The Labute approximate surface area is 177 Å². The molecule has 6 rings (SSSR count). The van der Waals surface area contributed by atoms with Crippen LogP contribution in [0.25, 0.3) is 50.0 Å². The number of rotatable bonds is 3. The molecule has 1 aliphatic heterocycles. The van der Waals surface area contributed by atoms with Crippen molar-refractivity contribution in [2.45, 2.75) is 6.42 Å². The van der Waals surface area contributed by atoms with E-state index in [4.69, 9.17) is 0 Å². The predicted octanol–water partition coefficient (Wildman–Crippen LogP) is 4.68. The number of hydrogen-bond donors (Lipinski definition) is 3. The van der Waals surface area contributed by atoms with E-state index >= 15 is 0 Å². The zero-order valence-electron chi connectivity index (χ0n) is 16.6. The molecule has 3 N–H and O–H groups in total. The maximum atomic E-state index is 13.8. The van der Waals surface area contributed by atoms with E-state index in [1.165, 1.54) is 17.7 Å². The lowest BCUT2D eigenvalue weighted by atomic mass is 10.0. The summed E-state index contributed by atoms with van der Waals surface area (Å²) in [6, 6.07) is 12.6. The first-order valence-corrected chi connectivity index (χ1v) is 10.2. The molecule has 4 aromatic heterocycles. The number of halogens is 1. The summed E-state index contributed by atoms with van der Waals surface area (Å²) in [6.45, 7) is 1.83. The van der Waals surface area contributed by atoms with E-state index in [1.807, 2.05) is 24.4 Å². The third-order valence-electron chi connectivity index (χ3n) is 5.74. The third kappa shape index (κ3) is 3.10. The highest BCUT2D eigenvalue weighted by atomic mass is 19.1. The van der Waals surface area contributed by atoms with Gasteiger partial charge in [0.1, 0.15) is 11.5 Å². The lowest BCUT2D eigenvalue weighted by Crippen LogP contribution is -2.20. The van der Waals surface area contributed by atoms with E-state index in [9.17, 15) is 4.39 Å². The molecule has 5 aromatic rings. The molecule has 0 atom stereocenters. The number of pyridine rings is 2. The molecular weight excluding hydrogens is 391 g/mol. The fourth-order valence-corrected chi connectivity index (χ4v) is 4.20. The summed E-state index contributed by atoms with van der Waals surface area (Å²) in [6.07, 6.45) is 6.72. The topological polar surface area (TPSA) is 82.3 Å². The Morgan fingerprint density at radius 2 is 1.87 bits per heavy atom. The van der Waals surface area contributed by atoms with Crippen molar-refractivity contribution >= 4 is 27.4 Å². The highest BCUT2D eigenvalue weighted by molar-refractivity contribution is 6.00. The standard InChI is InChI=1S/C24H19FN6/c25-16-3-1-2-15(10-16)23-17-12-21(29-19(17)6-9-27-23)24-18-11-20(14-4-7-26-8-5-14)28-13-22(18)30-31-24/h1-4,6,9-13,26,29H,5,7-8H2,(H,30,31). The number of hydrogen-bond acceptors (Lipinski definition) is 4. The monoisotopic (exact) mass is 410 g/mol. The molecule has 0 saturated heterocycles. The maximum Gasteiger partial charge on any atom is 0.123 e. The Morgan fingerprint density at radius 3 is 2.74 bits per heavy atom. The summed E-state index contributed by atoms with van der Waals surface area (Å²) in [7, 11) is 0. The van der Waals surface area contributed by atoms with Gasteiger partial charge in [0.15, 0.2) is 0 Å². The van der Waals surface area contributed by atoms with E-state index in [-0.39, 0.29) is 5.82 Å². The minimum absolute atomic E-state index is 0.280. The summed E-state index contributed by atoms with van der Waals surface area (Å²) in [5.41, 5.74) is 7.23. The lowest BCUT2D eigenvalue weighted by molar-refractivity contribution is 0.628. The van der Waals surface area contributed by atoms with Gasteiger partial charge in [0, 0.05) is 34.6 Å². The minimum atomic E-state index is -0.280. The van der Waals surface area contributed by atoms with Gasteiger partial charge in [0.25, 0.3) is 0 Å². The Bertz CT molecular complexity index is 1460. The number of benzene rings is 1. The van der Waals surface area contributed by atoms with Gasteiger partial charge in [-0.2, -0.15) is 5.10 Å². The SMILES string of the molecule is Fc1cccc(-c2nccc3[nH]c(-c4n[nH]c5cnc(C6=CCNCC6)cc45)cc23)c1. The summed E-state index contributed by atoms with van der Waals surface area (Å²) < 4.78 is 13.8. The second-order valence-electron chi connectivity index (χ2n) is 7.68. The molecule has 6 nitrogen and oxygen atoms in total. The lowest BCUT2D eigenvalue weighted by Gasteiger charge is -2.13. The fraction of sp³-hybridized carbons (Fsp3) is 0.125. The number of H-pyrrole nitrogens is 2. The van der Waals surface area contributed by atoms with E-state index in [0.717, 1.165) is 69.7 Å². The Morgan fingerprint density at radius 1 is 0.935 bits per heavy atom. The molecular formula is C24H19FN6. The summed E-state index contributed by atoms with van der Waals surface area (Å²) >= 11 is 0. The number of fused-ring (bicyclic) bond motifs is 2. The quantitative estimate of drug-likeness (QED) is 0.403. The van der Waals surface area contributed by atoms with Gasteiger partial charge in [-0.05, 0) is 48.9 Å². The van der Waals surface area contributed by atoms with Crippen molar-refractivity contribution in [1.82, 2.24) is 30.5 Å². The van der Waals surface area contributed by atoms with Crippen LogP contribution in [0.5, 0.6) is 0 Å². The van der Waals surface area contributed by atoms with Crippen LogP contribution in [0.3, 0.4) is 0 Å². The number of aromatic nitrogens is 5. The highest BCUT2D eigenvalue weighted by Gasteiger charge is 2.16. The molecule has 5 heterocycles. The highest BCUT2D eigenvalue weighted by Crippen LogP contribution is 2.33. The minimum Gasteiger partial charge on any atom is -0.353 e. The molecule has 0 bridgehead atoms. The number of aromatic amines is 2. The van der Waals surface area contributed by atoms with Gasteiger partial charge < -0.3 is 10.3 Å². The normalized spacial score (nSPS) is 14.3. The number of nitrogens with zero attached hydrogens (tertiary/aromatic N) is 3. The van der Waals surface area contributed by atoms with Crippen LogP contribution in [0, 0.1) is 5.82 Å². The molecule has 0 unspecified atom stereocenters. The molecule has 0 radical (unpaired) electrons. The van der Waals surface area contributed by atoms with Gasteiger partial charge in [-0.25, -0.2) is 4.39 Å². The zero-order valence-corrected chi connectivity index (χ0v) is 16.6. The van der Waals surface area contributed by atoms with Crippen molar-refractivity contribution in [3.8, 4) is 22.6 Å². The van der Waals surface area contributed by atoms with Crippen LogP contribution in [-0.4, -0.2) is 38.2 Å². The van der Waals surface area contributed by atoms with Crippen LogP contribution in [0.2, 0.25) is 0 Å². The largest absolute Gasteiger partial charge is 0.353 e. The summed E-state index contributed by atoms with van der Waals surface area (Å²) in [4.78, 5) is 12.6. The number of nitrogens with one attached hydrogen (secondary N) is 3. The first-order valence-electron chi connectivity index (χ1n) is 10.2. The molecule has 0 saturated carbocycles. The third-order valence-corrected chi connectivity index (χ3v) is 5.74. The first-order chi connectivity index (χ1) is 15.3. The van der Waals surface area contributed by atoms with Crippen LogP contribution in [0.4, 0.5) is 4.39 Å². The van der Waals surface area contributed by atoms with Crippen molar-refractivity contribution in [2.75, 3.05) is 13.1 Å². The molecule has 0 fully saturated rings. The van der Waals surface area contributed by atoms with Crippen LogP contribution in [0.1, 0.15) is 12.1 Å². The Hall–Kier alpha value is -3.84. The molecule has 152 valence electrons. The molecule has 1 aliphatic rings.